The van der Waals surface area contributed by atoms with Crippen molar-refractivity contribution < 1.29 is 33.1 Å². The van der Waals surface area contributed by atoms with Crippen LogP contribution in [0, 0.1) is 15.9 Å². The molecule has 28 heavy (non-hydrogen) atoms. The molecule has 0 spiro atoms. The van der Waals surface area contributed by atoms with Crippen LogP contribution in [0.5, 0.6) is 17.2 Å². The largest absolute Gasteiger partial charge is 0.493 e. The number of carbonyl (C=O) groups is 1. The van der Waals surface area contributed by atoms with Crippen LogP contribution >= 0.6 is 0 Å². The normalized spacial score (nSPS) is 10.2. The van der Waals surface area contributed by atoms with Crippen LogP contribution in [0.4, 0.5) is 10.1 Å². The van der Waals surface area contributed by atoms with Crippen LogP contribution in [0.25, 0.3) is 0 Å². The number of ether oxygens (including phenoxy) is 4. The Bertz CT molecular complexity index is 824. The van der Waals surface area contributed by atoms with Gasteiger partial charge in [0.05, 0.1) is 37.9 Å². The Kier molecular flexibility index (Phi) is 7.55. The van der Waals surface area contributed by atoms with Crippen molar-refractivity contribution in [3.8, 4) is 17.2 Å². The van der Waals surface area contributed by atoms with Gasteiger partial charge in [-0.3, -0.25) is 10.1 Å². The van der Waals surface area contributed by atoms with Crippen molar-refractivity contribution in [2.75, 3.05) is 26.9 Å². The lowest BCUT2D eigenvalue weighted by Crippen LogP contribution is -2.12. The first kappa shape index (κ1) is 20.9. The van der Waals surface area contributed by atoms with E-state index in [1.807, 2.05) is 0 Å². The third-order valence-corrected chi connectivity index (χ3v) is 3.60. The molecule has 0 radical (unpaired) electrons. The highest BCUT2D eigenvalue weighted by atomic mass is 19.1. The van der Waals surface area contributed by atoms with Gasteiger partial charge in [0.25, 0.3) is 5.69 Å². The number of carbonyl (C=O) groups excluding carboxylic acids is 1. The number of methoxy groups -OCH3 is 1. The van der Waals surface area contributed by atoms with Gasteiger partial charge in [-0.25, -0.2) is 9.18 Å². The van der Waals surface area contributed by atoms with E-state index in [0.29, 0.717) is 12.2 Å². The van der Waals surface area contributed by atoms with E-state index in [1.165, 1.54) is 37.4 Å². The fourth-order valence-electron chi connectivity index (χ4n) is 2.31. The number of nitro benzene ring substituents is 1. The minimum atomic E-state index is -0.852. The highest BCUT2D eigenvalue weighted by Gasteiger charge is 2.25. The molecule has 0 aliphatic carbocycles. The Morgan fingerprint density at radius 1 is 1.11 bits per heavy atom. The molecule has 0 fully saturated rings. The summed E-state index contributed by atoms with van der Waals surface area (Å²) in [5.74, 6) is -0.372. The fourth-order valence-corrected chi connectivity index (χ4v) is 2.31. The van der Waals surface area contributed by atoms with E-state index in [-0.39, 0.29) is 42.7 Å². The topological polar surface area (TPSA) is 97.1 Å². The Balaban J connectivity index is 1.96. The maximum atomic E-state index is 12.8. The van der Waals surface area contributed by atoms with Gasteiger partial charge in [-0.2, -0.15) is 0 Å². The number of esters is 1. The molecule has 0 aromatic heterocycles. The molecule has 9 heteroatoms. The zero-order valence-corrected chi connectivity index (χ0v) is 15.5. The summed E-state index contributed by atoms with van der Waals surface area (Å²) in [5, 5.41) is 11.3. The zero-order valence-electron chi connectivity index (χ0n) is 15.5. The van der Waals surface area contributed by atoms with E-state index in [9.17, 15) is 19.3 Å². The lowest BCUT2D eigenvalue weighted by atomic mass is 10.1. The van der Waals surface area contributed by atoms with Crippen LogP contribution in [0.15, 0.2) is 36.4 Å². The van der Waals surface area contributed by atoms with Crippen LogP contribution in [0.2, 0.25) is 0 Å². The molecule has 0 saturated heterocycles. The predicted octanol–water partition coefficient (Wildman–Crippen LogP) is 3.77. The highest BCUT2D eigenvalue weighted by Crippen LogP contribution is 2.35. The molecule has 0 saturated carbocycles. The average Bonchev–Trinajstić information content (AvgIpc) is 2.68. The monoisotopic (exact) mass is 393 g/mol. The summed E-state index contributed by atoms with van der Waals surface area (Å²) in [6.07, 6.45) is 0.352. The van der Waals surface area contributed by atoms with Gasteiger partial charge >= 0.3 is 5.97 Å². The van der Waals surface area contributed by atoms with Gasteiger partial charge in [0.15, 0.2) is 11.5 Å². The smallest absolute Gasteiger partial charge is 0.345 e. The van der Waals surface area contributed by atoms with Crippen molar-refractivity contribution in [1.29, 1.82) is 0 Å². The molecule has 2 aromatic rings. The molecule has 0 aliphatic heterocycles. The number of nitrogens with zero attached hydrogens (tertiary/aromatic N) is 1. The lowest BCUT2D eigenvalue weighted by molar-refractivity contribution is -0.385. The number of benzene rings is 2. The van der Waals surface area contributed by atoms with Gasteiger partial charge < -0.3 is 18.9 Å². The third-order valence-electron chi connectivity index (χ3n) is 3.60. The Labute approximate surface area is 160 Å². The van der Waals surface area contributed by atoms with Crippen molar-refractivity contribution >= 4 is 11.7 Å². The van der Waals surface area contributed by atoms with Crippen molar-refractivity contribution in [3.63, 3.8) is 0 Å². The molecule has 0 unspecified atom stereocenters. The number of hydrogen-bond donors (Lipinski definition) is 0. The summed E-state index contributed by atoms with van der Waals surface area (Å²) in [6, 6.07) is 7.87. The van der Waals surface area contributed by atoms with Crippen LogP contribution in [0.1, 0.15) is 23.7 Å². The quantitative estimate of drug-likeness (QED) is 0.262. The number of hydrogen-bond acceptors (Lipinski definition) is 7. The minimum absolute atomic E-state index is 0.00723. The Hall–Kier alpha value is -3.36. The van der Waals surface area contributed by atoms with E-state index >= 15 is 0 Å². The molecule has 0 N–H and O–H groups in total. The summed E-state index contributed by atoms with van der Waals surface area (Å²) >= 11 is 0. The van der Waals surface area contributed by atoms with Crippen LogP contribution in [0.3, 0.4) is 0 Å². The second kappa shape index (κ2) is 10.1. The Morgan fingerprint density at radius 3 is 2.43 bits per heavy atom. The highest BCUT2D eigenvalue weighted by molar-refractivity contribution is 5.95. The summed E-state index contributed by atoms with van der Waals surface area (Å²) in [6.45, 7) is 2.23. The molecular weight excluding hydrogens is 373 g/mol. The predicted molar refractivity (Wildman–Crippen MR) is 97.6 cm³/mol. The van der Waals surface area contributed by atoms with Gasteiger partial charge in [0, 0.05) is 12.5 Å². The van der Waals surface area contributed by atoms with Gasteiger partial charge in [0.1, 0.15) is 17.1 Å². The molecule has 2 rings (SSSR count). The second-order valence-electron chi connectivity index (χ2n) is 5.50. The molecular formula is C19H20FNO7. The first-order chi connectivity index (χ1) is 13.5. The molecule has 0 heterocycles. The SMILES string of the molecule is CCOc1cc([N+](=O)[O-])c(C(=O)OCCCOc2ccc(F)cc2)cc1OC. The van der Waals surface area contributed by atoms with E-state index in [0.717, 1.165) is 6.07 Å². The van der Waals surface area contributed by atoms with E-state index < -0.39 is 16.6 Å². The van der Waals surface area contributed by atoms with Gasteiger partial charge in [-0.15, -0.1) is 0 Å². The van der Waals surface area contributed by atoms with Crippen molar-refractivity contribution in [2.45, 2.75) is 13.3 Å². The molecule has 8 nitrogen and oxygen atoms in total. The summed E-state index contributed by atoms with van der Waals surface area (Å²) < 4.78 is 33.7. The maximum Gasteiger partial charge on any atom is 0.345 e. The van der Waals surface area contributed by atoms with Gasteiger partial charge in [0.2, 0.25) is 0 Å². The van der Waals surface area contributed by atoms with Crippen LogP contribution < -0.4 is 14.2 Å². The van der Waals surface area contributed by atoms with E-state index in [2.05, 4.69) is 0 Å². The number of nitro groups is 1. The number of halogens is 1. The summed E-state index contributed by atoms with van der Waals surface area (Å²) in [7, 11) is 1.37. The molecule has 0 atom stereocenters. The second-order valence-corrected chi connectivity index (χ2v) is 5.50. The van der Waals surface area contributed by atoms with Crippen molar-refractivity contribution in [3.05, 3.63) is 57.9 Å². The maximum absolute atomic E-state index is 12.8. The first-order valence-electron chi connectivity index (χ1n) is 8.51. The van der Waals surface area contributed by atoms with E-state index in [1.54, 1.807) is 6.92 Å². The van der Waals surface area contributed by atoms with Crippen LogP contribution in [-0.2, 0) is 4.74 Å². The molecule has 0 bridgehead atoms. The average molecular weight is 393 g/mol. The third kappa shape index (κ3) is 5.57. The van der Waals surface area contributed by atoms with Gasteiger partial charge in [-0.1, -0.05) is 0 Å². The first-order valence-corrected chi connectivity index (χ1v) is 8.51. The zero-order chi connectivity index (χ0) is 20.5. The Morgan fingerprint density at radius 2 is 1.82 bits per heavy atom. The van der Waals surface area contributed by atoms with Gasteiger partial charge in [-0.05, 0) is 31.2 Å². The van der Waals surface area contributed by atoms with Crippen molar-refractivity contribution in [1.82, 2.24) is 0 Å². The summed E-state index contributed by atoms with van der Waals surface area (Å²) in [5.41, 5.74) is -0.665. The molecule has 0 amide bonds. The standard InChI is InChI=1S/C19H20FNO7/c1-3-26-18-12-16(21(23)24)15(11-17(18)25-2)19(22)28-10-4-9-27-14-7-5-13(20)6-8-14/h5-8,11-12H,3-4,9-10H2,1-2H3. The molecule has 0 aliphatic rings. The van der Waals surface area contributed by atoms with Crippen LogP contribution in [-0.4, -0.2) is 37.8 Å². The summed E-state index contributed by atoms with van der Waals surface area (Å²) in [4.78, 5) is 22.9. The fraction of sp³-hybridized carbons (Fsp3) is 0.316. The lowest BCUT2D eigenvalue weighted by Gasteiger charge is -2.12. The van der Waals surface area contributed by atoms with Crippen molar-refractivity contribution in [2.24, 2.45) is 0 Å². The molecule has 150 valence electrons. The minimum Gasteiger partial charge on any atom is -0.493 e. The van der Waals surface area contributed by atoms with E-state index in [4.69, 9.17) is 18.9 Å². The number of rotatable bonds is 10. The molecule has 2 aromatic carbocycles.